The molecule has 0 unspecified atom stereocenters. The van der Waals surface area contributed by atoms with Crippen LogP contribution in [-0.4, -0.2) is 65.3 Å². The van der Waals surface area contributed by atoms with Crippen molar-refractivity contribution in [2.45, 2.75) is 11.8 Å². The van der Waals surface area contributed by atoms with Gasteiger partial charge in [-0.15, -0.1) is 11.8 Å². The molecule has 2 aromatic rings. The van der Waals surface area contributed by atoms with Gasteiger partial charge in [-0.25, -0.2) is 14.8 Å². The number of benzene rings is 1. The molecule has 0 atom stereocenters. The van der Waals surface area contributed by atoms with E-state index in [9.17, 15) is 9.59 Å². The Morgan fingerprint density at radius 2 is 1.78 bits per heavy atom. The van der Waals surface area contributed by atoms with Crippen LogP contribution >= 0.6 is 11.8 Å². The lowest BCUT2D eigenvalue weighted by atomic mass is 10.2. The lowest BCUT2D eigenvalue weighted by Crippen LogP contribution is -2.50. The molecule has 0 saturated carbocycles. The molecule has 142 valence electrons. The van der Waals surface area contributed by atoms with E-state index in [2.05, 4.69) is 9.97 Å². The van der Waals surface area contributed by atoms with E-state index >= 15 is 0 Å². The summed E-state index contributed by atoms with van der Waals surface area (Å²) in [6.45, 7) is 4.19. The van der Waals surface area contributed by atoms with Gasteiger partial charge >= 0.3 is 5.97 Å². The molecule has 0 aliphatic carbocycles. The maximum Gasteiger partial charge on any atom is 0.339 e. The topological polar surface area (TPSA) is 75.6 Å². The highest BCUT2D eigenvalue weighted by molar-refractivity contribution is 7.99. The van der Waals surface area contributed by atoms with Gasteiger partial charge in [0.1, 0.15) is 0 Å². The standard InChI is InChI=1S/C19H22N4O3S/c1-2-27-16-7-4-3-6-15(16)18(25)26-14-17(24)22-10-12-23(13-11-22)19-20-8-5-9-21-19/h3-9H,2,10-14H2,1H3. The van der Waals surface area contributed by atoms with E-state index in [0.29, 0.717) is 37.7 Å². The summed E-state index contributed by atoms with van der Waals surface area (Å²) >= 11 is 1.58. The summed E-state index contributed by atoms with van der Waals surface area (Å²) in [5, 5.41) is 0. The molecular weight excluding hydrogens is 364 g/mol. The Labute approximate surface area is 162 Å². The van der Waals surface area contributed by atoms with Crippen molar-refractivity contribution in [3.8, 4) is 0 Å². The van der Waals surface area contributed by atoms with Gasteiger partial charge in [0.05, 0.1) is 5.56 Å². The molecule has 8 heteroatoms. The van der Waals surface area contributed by atoms with E-state index in [-0.39, 0.29) is 12.5 Å². The number of hydrogen-bond donors (Lipinski definition) is 0. The maximum atomic E-state index is 12.4. The van der Waals surface area contributed by atoms with Crippen LogP contribution in [0.2, 0.25) is 0 Å². The molecule has 1 aromatic heterocycles. The number of anilines is 1. The van der Waals surface area contributed by atoms with Gasteiger partial charge in [-0.05, 0) is 24.0 Å². The number of carbonyl (C=O) groups is 2. The second-order valence-electron chi connectivity index (χ2n) is 5.92. The molecule has 0 bridgehead atoms. The minimum absolute atomic E-state index is 0.183. The second-order valence-corrected chi connectivity index (χ2v) is 7.23. The van der Waals surface area contributed by atoms with Crippen molar-refractivity contribution >= 4 is 29.6 Å². The number of nitrogens with zero attached hydrogens (tertiary/aromatic N) is 4. The highest BCUT2D eigenvalue weighted by Gasteiger charge is 2.23. The predicted octanol–water partition coefficient (Wildman–Crippen LogP) is 2.09. The minimum Gasteiger partial charge on any atom is -0.452 e. The van der Waals surface area contributed by atoms with Gasteiger partial charge in [0, 0.05) is 43.5 Å². The summed E-state index contributed by atoms with van der Waals surface area (Å²) in [6.07, 6.45) is 3.40. The average molecular weight is 386 g/mol. The normalized spacial score (nSPS) is 14.1. The fourth-order valence-corrected chi connectivity index (χ4v) is 3.62. The number of aromatic nitrogens is 2. The molecule has 0 N–H and O–H groups in total. The van der Waals surface area contributed by atoms with E-state index in [1.54, 1.807) is 47.3 Å². The average Bonchev–Trinajstić information content (AvgIpc) is 2.73. The molecule has 1 aromatic carbocycles. The Hall–Kier alpha value is -2.61. The molecule has 7 nitrogen and oxygen atoms in total. The zero-order valence-corrected chi connectivity index (χ0v) is 16.0. The highest BCUT2D eigenvalue weighted by Crippen LogP contribution is 2.22. The zero-order chi connectivity index (χ0) is 19.1. The predicted molar refractivity (Wildman–Crippen MR) is 104 cm³/mol. The Morgan fingerprint density at radius 3 is 2.48 bits per heavy atom. The first kappa shape index (κ1) is 19.2. The lowest BCUT2D eigenvalue weighted by molar-refractivity contribution is -0.134. The van der Waals surface area contributed by atoms with E-state index in [1.165, 1.54) is 0 Å². The Morgan fingerprint density at radius 1 is 1.07 bits per heavy atom. The number of carbonyl (C=O) groups excluding carboxylic acids is 2. The summed E-state index contributed by atoms with van der Waals surface area (Å²) < 4.78 is 5.26. The third-order valence-electron chi connectivity index (χ3n) is 4.20. The molecule has 3 rings (SSSR count). The Balaban J connectivity index is 1.50. The number of esters is 1. The summed E-state index contributed by atoms with van der Waals surface area (Å²) in [4.78, 5) is 37.8. The lowest BCUT2D eigenvalue weighted by Gasteiger charge is -2.34. The minimum atomic E-state index is -0.462. The number of piperazine rings is 1. The van der Waals surface area contributed by atoms with E-state index in [0.717, 1.165) is 10.6 Å². The highest BCUT2D eigenvalue weighted by atomic mass is 32.2. The quantitative estimate of drug-likeness (QED) is 0.556. The van der Waals surface area contributed by atoms with Gasteiger partial charge in [0.25, 0.3) is 5.91 Å². The van der Waals surface area contributed by atoms with Crippen molar-refractivity contribution in [1.82, 2.24) is 14.9 Å². The molecule has 0 radical (unpaired) electrons. The molecule has 1 saturated heterocycles. The van der Waals surface area contributed by atoms with Crippen molar-refractivity contribution in [3.05, 3.63) is 48.3 Å². The van der Waals surface area contributed by atoms with Gasteiger partial charge in [0.15, 0.2) is 6.61 Å². The molecule has 1 aliphatic rings. The van der Waals surface area contributed by atoms with Crippen molar-refractivity contribution in [2.24, 2.45) is 0 Å². The smallest absolute Gasteiger partial charge is 0.339 e. The monoisotopic (exact) mass is 386 g/mol. The summed E-state index contributed by atoms with van der Waals surface area (Å²) in [5.74, 6) is 0.883. The van der Waals surface area contributed by atoms with Crippen LogP contribution in [0.1, 0.15) is 17.3 Å². The maximum absolute atomic E-state index is 12.4. The van der Waals surface area contributed by atoms with Crippen LogP contribution in [0.5, 0.6) is 0 Å². The second kappa shape index (κ2) is 9.36. The largest absolute Gasteiger partial charge is 0.452 e. The zero-order valence-electron chi connectivity index (χ0n) is 15.2. The van der Waals surface area contributed by atoms with Crippen LogP contribution in [0.3, 0.4) is 0 Å². The van der Waals surface area contributed by atoms with Gasteiger partial charge in [0.2, 0.25) is 5.95 Å². The summed E-state index contributed by atoms with van der Waals surface area (Å²) in [5.41, 5.74) is 0.503. The summed E-state index contributed by atoms with van der Waals surface area (Å²) in [6, 6.07) is 9.06. The molecule has 0 spiro atoms. The van der Waals surface area contributed by atoms with Gasteiger partial charge in [-0.3, -0.25) is 4.79 Å². The number of amides is 1. The Kier molecular flexibility index (Phi) is 6.64. The van der Waals surface area contributed by atoms with E-state index < -0.39 is 5.97 Å². The van der Waals surface area contributed by atoms with Crippen LogP contribution in [0, 0.1) is 0 Å². The van der Waals surface area contributed by atoms with Crippen LogP contribution in [0.15, 0.2) is 47.6 Å². The van der Waals surface area contributed by atoms with Crippen molar-refractivity contribution in [2.75, 3.05) is 43.4 Å². The number of rotatable bonds is 6. The summed E-state index contributed by atoms with van der Waals surface area (Å²) in [7, 11) is 0. The van der Waals surface area contributed by atoms with Crippen LogP contribution in [0.25, 0.3) is 0 Å². The van der Waals surface area contributed by atoms with Crippen LogP contribution < -0.4 is 4.90 Å². The number of ether oxygens (including phenoxy) is 1. The molecule has 2 heterocycles. The van der Waals surface area contributed by atoms with Crippen LogP contribution in [0.4, 0.5) is 5.95 Å². The van der Waals surface area contributed by atoms with Gasteiger partial charge < -0.3 is 14.5 Å². The first-order chi connectivity index (χ1) is 13.2. The molecule has 1 amide bonds. The van der Waals surface area contributed by atoms with Gasteiger partial charge in [-0.1, -0.05) is 19.1 Å². The van der Waals surface area contributed by atoms with Crippen LogP contribution in [-0.2, 0) is 9.53 Å². The Bertz CT molecular complexity index is 780. The third kappa shape index (κ3) is 4.97. The SMILES string of the molecule is CCSc1ccccc1C(=O)OCC(=O)N1CCN(c2ncccn2)CC1. The molecule has 1 fully saturated rings. The molecular formula is C19H22N4O3S. The van der Waals surface area contributed by atoms with Crippen molar-refractivity contribution < 1.29 is 14.3 Å². The van der Waals surface area contributed by atoms with Gasteiger partial charge in [-0.2, -0.15) is 0 Å². The van der Waals surface area contributed by atoms with Crippen molar-refractivity contribution in [3.63, 3.8) is 0 Å². The molecule has 27 heavy (non-hydrogen) atoms. The molecule has 1 aliphatic heterocycles. The van der Waals surface area contributed by atoms with Crippen molar-refractivity contribution in [1.29, 1.82) is 0 Å². The first-order valence-corrected chi connectivity index (χ1v) is 9.86. The number of thioether (sulfide) groups is 1. The van der Waals surface area contributed by atoms with E-state index in [1.807, 2.05) is 24.0 Å². The first-order valence-electron chi connectivity index (χ1n) is 8.87. The third-order valence-corrected chi connectivity index (χ3v) is 5.16. The fraction of sp³-hybridized carbons (Fsp3) is 0.368. The number of hydrogen-bond acceptors (Lipinski definition) is 7. The van der Waals surface area contributed by atoms with E-state index in [4.69, 9.17) is 4.74 Å². The fourth-order valence-electron chi connectivity index (χ4n) is 2.82.